The summed E-state index contributed by atoms with van der Waals surface area (Å²) in [6.45, 7) is 1.94. The monoisotopic (exact) mass is 328 g/mol. The fourth-order valence-electron chi connectivity index (χ4n) is 2.19. The number of pyridine rings is 1. The summed E-state index contributed by atoms with van der Waals surface area (Å²) in [5.41, 5.74) is 0.986. The van der Waals surface area contributed by atoms with E-state index in [-0.39, 0.29) is 5.69 Å². The Morgan fingerprint density at radius 3 is 2.71 bits per heavy atom. The Hall–Kier alpha value is -3.30. The van der Waals surface area contributed by atoms with Crippen molar-refractivity contribution in [1.29, 1.82) is 0 Å². The molecule has 0 aliphatic rings. The van der Waals surface area contributed by atoms with Crippen LogP contribution in [-0.2, 0) is 6.54 Å². The van der Waals surface area contributed by atoms with Crippen LogP contribution in [0.15, 0.2) is 24.3 Å². The van der Waals surface area contributed by atoms with Gasteiger partial charge in [-0.15, -0.1) is 15.3 Å². The van der Waals surface area contributed by atoms with Crippen molar-refractivity contribution in [2.45, 2.75) is 13.5 Å². The molecule has 0 atom stereocenters. The molecule has 10 nitrogen and oxygen atoms in total. The molecule has 3 aromatic heterocycles. The molecule has 0 saturated heterocycles. The molecule has 0 amide bonds. The van der Waals surface area contributed by atoms with E-state index < -0.39 is 4.92 Å². The van der Waals surface area contributed by atoms with Gasteiger partial charge in [0.05, 0.1) is 11.5 Å². The summed E-state index contributed by atoms with van der Waals surface area (Å²) in [7, 11) is 3.81. The first-order valence-electron chi connectivity index (χ1n) is 7.20. The van der Waals surface area contributed by atoms with Crippen LogP contribution in [0.2, 0.25) is 0 Å². The van der Waals surface area contributed by atoms with Crippen LogP contribution in [0.5, 0.6) is 0 Å². The third kappa shape index (κ3) is 2.93. The van der Waals surface area contributed by atoms with Gasteiger partial charge in [0, 0.05) is 20.2 Å². The Labute approximate surface area is 137 Å². The zero-order valence-electron chi connectivity index (χ0n) is 13.5. The van der Waals surface area contributed by atoms with Crippen LogP contribution in [0.1, 0.15) is 11.5 Å². The van der Waals surface area contributed by atoms with Crippen LogP contribution < -0.4 is 10.2 Å². The molecule has 0 aliphatic carbocycles. The van der Waals surface area contributed by atoms with Crippen LogP contribution in [0.25, 0.3) is 5.65 Å². The first kappa shape index (κ1) is 15.6. The number of fused-ring (bicyclic) bond motifs is 1. The maximum absolute atomic E-state index is 10.8. The average Bonchev–Trinajstić information content (AvgIpc) is 2.94. The van der Waals surface area contributed by atoms with Gasteiger partial charge in [-0.3, -0.25) is 10.1 Å². The lowest BCUT2D eigenvalue weighted by atomic mass is 10.3. The number of nitrogens with zero attached hydrogens (tertiary/aromatic N) is 7. The number of nitro groups is 1. The first-order valence-corrected chi connectivity index (χ1v) is 7.20. The number of nitrogens with one attached hydrogen (secondary N) is 1. The van der Waals surface area contributed by atoms with E-state index in [0.29, 0.717) is 29.5 Å². The Morgan fingerprint density at radius 2 is 2.04 bits per heavy atom. The summed E-state index contributed by atoms with van der Waals surface area (Å²) >= 11 is 0. The molecule has 24 heavy (non-hydrogen) atoms. The number of aryl methyl sites for hydroxylation is 1. The Morgan fingerprint density at radius 1 is 1.25 bits per heavy atom. The molecule has 0 radical (unpaired) electrons. The van der Waals surface area contributed by atoms with E-state index in [2.05, 4.69) is 25.6 Å². The summed E-state index contributed by atoms with van der Waals surface area (Å²) in [4.78, 5) is 16.4. The highest BCUT2D eigenvalue weighted by atomic mass is 16.6. The van der Waals surface area contributed by atoms with E-state index in [4.69, 9.17) is 0 Å². The lowest BCUT2D eigenvalue weighted by Crippen LogP contribution is -2.14. The van der Waals surface area contributed by atoms with Crippen molar-refractivity contribution in [3.8, 4) is 0 Å². The highest BCUT2D eigenvalue weighted by Crippen LogP contribution is 2.18. The van der Waals surface area contributed by atoms with Gasteiger partial charge in [0.25, 0.3) is 5.69 Å². The molecule has 0 aliphatic heterocycles. The number of rotatable bonds is 5. The predicted molar refractivity (Wildman–Crippen MR) is 88.1 cm³/mol. The van der Waals surface area contributed by atoms with Crippen molar-refractivity contribution in [2.75, 3.05) is 24.3 Å². The van der Waals surface area contributed by atoms with Crippen molar-refractivity contribution in [3.05, 3.63) is 45.9 Å². The van der Waals surface area contributed by atoms with E-state index >= 15 is 0 Å². The van der Waals surface area contributed by atoms with Gasteiger partial charge in [-0.1, -0.05) is 0 Å². The first-order chi connectivity index (χ1) is 11.5. The minimum absolute atomic E-state index is 0.00855. The van der Waals surface area contributed by atoms with E-state index in [1.165, 1.54) is 6.07 Å². The molecule has 0 spiro atoms. The summed E-state index contributed by atoms with van der Waals surface area (Å²) in [6.07, 6.45) is 0. The number of hydrogen-bond acceptors (Lipinski definition) is 8. The molecule has 0 saturated carbocycles. The Balaban J connectivity index is 1.82. The zero-order chi connectivity index (χ0) is 17.3. The lowest BCUT2D eigenvalue weighted by Gasteiger charge is -2.11. The van der Waals surface area contributed by atoms with Gasteiger partial charge >= 0.3 is 0 Å². The largest absolute Gasteiger partial charge is 0.363 e. The highest BCUT2D eigenvalue weighted by molar-refractivity contribution is 5.46. The van der Waals surface area contributed by atoms with Gasteiger partial charge < -0.3 is 10.2 Å². The number of anilines is 2. The number of hydrogen-bond donors (Lipinski definition) is 1. The van der Waals surface area contributed by atoms with Crippen LogP contribution in [0.3, 0.4) is 0 Å². The lowest BCUT2D eigenvalue weighted by molar-refractivity contribution is -0.385. The summed E-state index contributed by atoms with van der Waals surface area (Å²) in [5, 5.41) is 26.6. The van der Waals surface area contributed by atoms with E-state index in [1.54, 1.807) is 17.5 Å². The minimum Gasteiger partial charge on any atom is -0.363 e. The van der Waals surface area contributed by atoms with E-state index in [9.17, 15) is 10.1 Å². The van der Waals surface area contributed by atoms with Gasteiger partial charge in [-0.05, 0) is 25.1 Å². The second kappa shape index (κ2) is 6.07. The van der Waals surface area contributed by atoms with Crippen LogP contribution in [-0.4, -0.2) is 43.8 Å². The minimum atomic E-state index is -0.454. The van der Waals surface area contributed by atoms with Gasteiger partial charge in [0.1, 0.15) is 17.3 Å². The maximum atomic E-state index is 10.8. The Bertz CT molecular complexity index is 905. The van der Waals surface area contributed by atoms with Gasteiger partial charge in [-0.25, -0.2) is 4.98 Å². The molecule has 124 valence electrons. The molecule has 0 fully saturated rings. The number of aromatic nitrogens is 5. The third-order valence-electron chi connectivity index (χ3n) is 3.45. The standard InChI is InChI=1S/C14H16N8O2/c1-9-10(22(23)24)4-5-11(16-9)15-8-14-18-17-12-6-7-13(20(2)3)19-21(12)14/h4-7H,8H2,1-3H3,(H,15,16). The van der Waals surface area contributed by atoms with Crippen molar-refractivity contribution < 1.29 is 4.92 Å². The predicted octanol–water partition coefficient (Wildman–Crippen LogP) is 1.41. The molecule has 10 heteroatoms. The quantitative estimate of drug-likeness (QED) is 0.552. The molecular weight excluding hydrogens is 312 g/mol. The summed E-state index contributed by atoms with van der Waals surface area (Å²) in [6, 6.07) is 6.69. The second-order valence-electron chi connectivity index (χ2n) is 5.38. The van der Waals surface area contributed by atoms with Crippen molar-refractivity contribution in [3.63, 3.8) is 0 Å². The van der Waals surface area contributed by atoms with Crippen molar-refractivity contribution in [2.24, 2.45) is 0 Å². The maximum Gasteiger partial charge on any atom is 0.290 e. The van der Waals surface area contributed by atoms with Gasteiger partial charge in [-0.2, -0.15) is 4.52 Å². The molecule has 0 unspecified atom stereocenters. The van der Waals surface area contributed by atoms with Crippen LogP contribution in [0, 0.1) is 17.0 Å². The van der Waals surface area contributed by atoms with E-state index in [0.717, 1.165) is 5.82 Å². The van der Waals surface area contributed by atoms with Gasteiger partial charge in [0.15, 0.2) is 11.5 Å². The SMILES string of the molecule is Cc1nc(NCc2nnc3ccc(N(C)C)nn23)ccc1[N+](=O)[O-]. The van der Waals surface area contributed by atoms with Crippen molar-refractivity contribution in [1.82, 2.24) is 24.8 Å². The molecule has 1 N–H and O–H groups in total. The second-order valence-corrected chi connectivity index (χ2v) is 5.38. The topological polar surface area (TPSA) is 114 Å². The summed E-state index contributed by atoms with van der Waals surface area (Å²) < 4.78 is 1.65. The summed E-state index contributed by atoms with van der Waals surface area (Å²) in [5.74, 6) is 1.93. The van der Waals surface area contributed by atoms with Crippen molar-refractivity contribution >= 4 is 23.0 Å². The van der Waals surface area contributed by atoms with Crippen LogP contribution >= 0.6 is 0 Å². The fraction of sp³-hybridized carbons (Fsp3) is 0.286. The highest BCUT2D eigenvalue weighted by Gasteiger charge is 2.13. The smallest absolute Gasteiger partial charge is 0.290 e. The fourth-order valence-corrected chi connectivity index (χ4v) is 2.19. The zero-order valence-corrected chi connectivity index (χ0v) is 13.5. The molecule has 3 aromatic rings. The van der Waals surface area contributed by atoms with E-state index in [1.807, 2.05) is 31.1 Å². The molecular formula is C14H16N8O2. The molecule has 0 bridgehead atoms. The molecule has 0 aromatic carbocycles. The molecule has 3 rings (SSSR count). The third-order valence-corrected chi connectivity index (χ3v) is 3.45. The normalized spacial score (nSPS) is 10.8. The van der Waals surface area contributed by atoms with Crippen LogP contribution in [0.4, 0.5) is 17.3 Å². The van der Waals surface area contributed by atoms with Gasteiger partial charge in [0.2, 0.25) is 0 Å². The molecule has 3 heterocycles. The Kier molecular flexibility index (Phi) is 3.94. The average molecular weight is 328 g/mol.